The van der Waals surface area contributed by atoms with Gasteiger partial charge in [0.1, 0.15) is 0 Å². The normalized spacial score (nSPS) is 17.4. The molecule has 0 fully saturated rings. The smallest absolute Gasteiger partial charge is 0.252 e. The molecule has 0 saturated carbocycles. The monoisotopic (exact) mass is 459 g/mol. The van der Waals surface area contributed by atoms with E-state index >= 15 is 0 Å². The third-order valence-electron chi connectivity index (χ3n) is 3.85. The Morgan fingerprint density at radius 3 is 3.14 bits per heavy atom. The summed E-state index contributed by atoms with van der Waals surface area (Å²) in [4.78, 5) is 12.5. The van der Waals surface area contributed by atoms with Gasteiger partial charge in [0.25, 0.3) is 5.91 Å². The van der Waals surface area contributed by atoms with Gasteiger partial charge in [0.15, 0.2) is 0 Å². The molecule has 0 spiro atoms. The molecule has 2 aromatic rings. The summed E-state index contributed by atoms with van der Waals surface area (Å²) in [5.41, 5.74) is 3.06. The van der Waals surface area contributed by atoms with Crippen LogP contribution in [-0.4, -0.2) is 15.7 Å². The molecule has 0 aliphatic heterocycles. The summed E-state index contributed by atoms with van der Waals surface area (Å²) in [6.07, 6.45) is 4.95. The number of hydrogen-bond acceptors (Lipinski definition) is 2. The topological polar surface area (TPSA) is 46.9 Å². The Hall–Kier alpha value is -0.890. The van der Waals surface area contributed by atoms with Crippen LogP contribution >= 0.6 is 38.5 Å². The van der Waals surface area contributed by atoms with Crippen molar-refractivity contribution in [2.24, 2.45) is 7.05 Å². The predicted octanol–water partition coefficient (Wildman–Crippen LogP) is 3.59. The van der Waals surface area contributed by atoms with Crippen molar-refractivity contribution in [3.8, 4) is 0 Å². The van der Waals surface area contributed by atoms with E-state index in [-0.39, 0.29) is 11.9 Å². The van der Waals surface area contributed by atoms with Crippen molar-refractivity contribution < 1.29 is 4.79 Å². The highest BCUT2D eigenvalue weighted by Crippen LogP contribution is 2.30. The van der Waals surface area contributed by atoms with E-state index in [1.165, 1.54) is 5.69 Å². The molecule has 1 aliphatic rings. The fourth-order valence-corrected chi connectivity index (χ4v) is 3.68. The molecule has 0 bridgehead atoms. The number of benzene rings is 1. The van der Waals surface area contributed by atoms with E-state index in [4.69, 9.17) is 0 Å². The third-order valence-corrected chi connectivity index (χ3v) is 5.22. The minimum Gasteiger partial charge on any atom is -0.345 e. The van der Waals surface area contributed by atoms with E-state index in [1.54, 1.807) is 0 Å². The molecule has 3 rings (SSSR count). The summed E-state index contributed by atoms with van der Waals surface area (Å²) in [6.45, 7) is 0. The molecular formula is C15H15BrIN3O. The zero-order valence-corrected chi connectivity index (χ0v) is 15.3. The van der Waals surface area contributed by atoms with Gasteiger partial charge < -0.3 is 5.32 Å². The first-order valence-electron chi connectivity index (χ1n) is 6.83. The van der Waals surface area contributed by atoms with Gasteiger partial charge in [-0.05, 0) is 76.0 Å². The van der Waals surface area contributed by atoms with E-state index in [0.29, 0.717) is 5.56 Å². The van der Waals surface area contributed by atoms with Crippen molar-refractivity contribution in [2.45, 2.75) is 25.3 Å². The van der Waals surface area contributed by atoms with Crippen LogP contribution in [0.4, 0.5) is 0 Å². The van der Waals surface area contributed by atoms with E-state index in [1.807, 2.05) is 36.1 Å². The second-order valence-corrected chi connectivity index (χ2v) is 7.31. The molecule has 0 radical (unpaired) electrons. The maximum Gasteiger partial charge on any atom is 0.252 e. The summed E-state index contributed by atoms with van der Waals surface area (Å²) in [7, 11) is 1.96. The molecule has 21 heavy (non-hydrogen) atoms. The summed E-state index contributed by atoms with van der Waals surface area (Å²) in [6, 6.07) is 5.83. The summed E-state index contributed by atoms with van der Waals surface area (Å²) < 4.78 is 3.78. The van der Waals surface area contributed by atoms with Crippen molar-refractivity contribution in [1.82, 2.24) is 15.1 Å². The number of carbonyl (C=O) groups is 1. The van der Waals surface area contributed by atoms with Gasteiger partial charge in [0, 0.05) is 26.3 Å². The molecule has 6 heteroatoms. The molecule has 1 atom stereocenters. The average molecular weight is 460 g/mol. The quantitative estimate of drug-likeness (QED) is 0.697. The van der Waals surface area contributed by atoms with Crippen molar-refractivity contribution in [1.29, 1.82) is 0 Å². The van der Waals surface area contributed by atoms with E-state index < -0.39 is 0 Å². The Morgan fingerprint density at radius 1 is 1.52 bits per heavy atom. The van der Waals surface area contributed by atoms with Gasteiger partial charge in [0.05, 0.1) is 17.8 Å². The van der Waals surface area contributed by atoms with Crippen LogP contribution in [0.3, 0.4) is 0 Å². The summed E-state index contributed by atoms with van der Waals surface area (Å²) in [5.74, 6) is -0.0397. The predicted molar refractivity (Wildman–Crippen MR) is 93.2 cm³/mol. The molecule has 1 N–H and O–H groups in total. The first kappa shape index (κ1) is 15.0. The number of nitrogens with zero attached hydrogens (tertiary/aromatic N) is 2. The third kappa shape index (κ3) is 3.01. The number of amides is 1. The molecule has 4 nitrogen and oxygen atoms in total. The second-order valence-electron chi connectivity index (χ2n) is 5.21. The van der Waals surface area contributed by atoms with Gasteiger partial charge in [-0.15, -0.1) is 0 Å². The number of hydrogen-bond donors (Lipinski definition) is 1. The number of carbonyl (C=O) groups excluding carboxylic acids is 1. The van der Waals surface area contributed by atoms with E-state index in [0.717, 1.165) is 32.9 Å². The highest BCUT2D eigenvalue weighted by atomic mass is 127. The number of aromatic nitrogens is 2. The Bertz CT molecular complexity index is 698. The second kappa shape index (κ2) is 6.08. The molecule has 110 valence electrons. The lowest BCUT2D eigenvalue weighted by Gasteiger charge is -2.24. The Labute approximate surface area is 145 Å². The average Bonchev–Trinajstić information content (AvgIpc) is 2.84. The van der Waals surface area contributed by atoms with Crippen molar-refractivity contribution >= 4 is 44.4 Å². The van der Waals surface area contributed by atoms with E-state index in [2.05, 4.69) is 48.9 Å². The molecule has 1 amide bonds. The van der Waals surface area contributed by atoms with E-state index in [9.17, 15) is 4.79 Å². The van der Waals surface area contributed by atoms with Crippen LogP contribution in [0, 0.1) is 3.57 Å². The molecular weight excluding hydrogens is 445 g/mol. The highest BCUT2D eigenvalue weighted by Gasteiger charge is 2.25. The SMILES string of the molecule is Cn1ncc2c1CCCC2NC(=O)c1cc(I)ccc1Br. The number of halogens is 2. The van der Waals surface area contributed by atoms with Crippen LogP contribution in [0.2, 0.25) is 0 Å². The first-order chi connectivity index (χ1) is 10.1. The van der Waals surface area contributed by atoms with Crippen molar-refractivity contribution in [2.75, 3.05) is 0 Å². The van der Waals surface area contributed by atoms with Crippen molar-refractivity contribution in [3.63, 3.8) is 0 Å². The first-order valence-corrected chi connectivity index (χ1v) is 8.70. The van der Waals surface area contributed by atoms with Gasteiger partial charge in [-0.1, -0.05) is 0 Å². The summed E-state index contributed by atoms with van der Waals surface area (Å²) >= 11 is 5.67. The molecule has 0 saturated heterocycles. The minimum atomic E-state index is -0.0397. The van der Waals surface area contributed by atoms with Crippen molar-refractivity contribution in [3.05, 3.63) is 49.3 Å². The van der Waals surface area contributed by atoms with Gasteiger partial charge in [-0.2, -0.15) is 5.10 Å². The van der Waals surface area contributed by atoms with Gasteiger partial charge in [-0.3, -0.25) is 9.48 Å². The number of nitrogens with one attached hydrogen (secondary N) is 1. The molecule has 1 aromatic carbocycles. The zero-order valence-electron chi connectivity index (χ0n) is 11.6. The maximum atomic E-state index is 12.5. The summed E-state index contributed by atoms with van der Waals surface area (Å²) in [5, 5.41) is 7.46. The number of aryl methyl sites for hydroxylation is 1. The highest BCUT2D eigenvalue weighted by molar-refractivity contribution is 14.1. The lowest BCUT2D eigenvalue weighted by atomic mass is 9.93. The van der Waals surface area contributed by atoms with Crippen LogP contribution in [0.5, 0.6) is 0 Å². The molecule has 1 aromatic heterocycles. The molecule has 1 unspecified atom stereocenters. The lowest BCUT2D eigenvalue weighted by Crippen LogP contribution is -2.31. The fraction of sp³-hybridized carbons (Fsp3) is 0.333. The van der Waals surface area contributed by atoms with Crippen LogP contribution < -0.4 is 5.32 Å². The zero-order chi connectivity index (χ0) is 15.0. The lowest BCUT2D eigenvalue weighted by molar-refractivity contribution is 0.0932. The van der Waals surface area contributed by atoms with Gasteiger partial charge >= 0.3 is 0 Å². The van der Waals surface area contributed by atoms with Crippen LogP contribution in [0.25, 0.3) is 0 Å². The maximum absolute atomic E-state index is 12.5. The Morgan fingerprint density at radius 2 is 2.33 bits per heavy atom. The standard InChI is InChI=1S/C15H15BrIN3O/c1-20-14-4-2-3-13(11(14)8-18-20)19-15(21)10-7-9(17)5-6-12(10)16/h5-8,13H,2-4H2,1H3,(H,19,21). The fourth-order valence-electron chi connectivity index (χ4n) is 2.76. The minimum absolute atomic E-state index is 0.0397. The van der Waals surface area contributed by atoms with Crippen LogP contribution in [-0.2, 0) is 13.5 Å². The van der Waals surface area contributed by atoms with Gasteiger partial charge in [0.2, 0.25) is 0 Å². The van der Waals surface area contributed by atoms with Crippen LogP contribution in [0.1, 0.15) is 40.5 Å². The molecule has 1 heterocycles. The largest absolute Gasteiger partial charge is 0.345 e. The number of fused-ring (bicyclic) bond motifs is 1. The Kier molecular flexibility index (Phi) is 4.35. The van der Waals surface area contributed by atoms with Crippen LogP contribution in [0.15, 0.2) is 28.9 Å². The molecule has 1 aliphatic carbocycles. The van der Waals surface area contributed by atoms with Gasteiger partial charge in [-0.25, -0.2) is 0 Å². The Balaban J connectivity index is 1.84. The number of rotatable bonds is 2.